The van der Waals surface area contributed by atoms with Gasteiger partial charge in [0, 0.05) is 34.2 Å². The minimum atomic E-state index is -0.148. The molecule has 1 N–H and O–H groups in total. The van der Waals surface area contributed by atoms with Gasteiger partial charge in [0.2, 0.25) is 0 Å². The molecular formula is C19H17BrN4OS. The molecule has 1 amide bonds. The molecule has 132 valence electrons. The van der Waals surface area contributed by atoms with E-state index in [9.17, 15) is 4.79 Å². The molecule has 2 aromatic heterocycles. The van der Waals surface area contributed by atoms with Crippen LogP contribution in [0.5, 0.6) is 0 Å². The Morgan fingerprint density at radius 1 is 1.23 bits per heavy atom. The molecular weight excluding hydrogens is 412 g/mol. The van der Waals surface area contributed by atoms with Gasteiger partial charge in [-0.15, -0.1) is 11.3 Å². The first-order valence-corrected chi connectivity index (χ1v) is 10.1. The van der Waals surface area contributed by atoms with Crippen LogP contribution in [0.3, 0.4) is 0 Å². The first-order chi connectivity index (χ1) is 12.7. The Morgan fingerprint density at radius 2 is 2.04 bits per heavy atom. The molecule has 3 aromatic rings. The molecule has 5 nitrogen and oxygen atoms in total. The zero-order valence-electron chi connectivity index (χ0n) is 14.0. The van der Waals surface area contributed by atoms with E-state index in [0.29, 0.717) is 23.1 Å². The van der Waals surface area contributed by atoms with Crippen molar-refractivity contribution in [2.45, 2.75) is 24.7 Å². The van der Waals surface area contributed by atoms with Crippen LogP contribution in [0.15, 0.2) is 52.6 Å². The lowest BCUT2D eigenvalue weighted by atomic mass is 9.64. The molecule has 0 radical (unpaired) electrons. The molecule has 0 unspecified atom stereocenters. The van der Waals surface area contributed by atoms with Crippen molar-refractivity contribution in [1.29, 1.82) is 0 Å². The third kappa shape index (κ3) is 3.41. The van der Waals surface area contributed by atoms with Crippen LogP contribution in [0.2, 0.25) is 0 Å². The highest BCUT2D eigenvalue weighted by Crippen LogP contribution is 2.43. The van der Waals surface area contributed by atoms with Gasteiger partial charge >= 0.3 is 0 Å². The standard InChI is InChI=1S/C19H17BrN4OS/c20-14-5-1-4-13(10-14)19(6-2-7-19)12-23-17(25)15-11-26-18(24-15)16-21-8-3-9-22-16/h1,3-5,8-11H,2,6-7,12H2,(H,23,25). The molecule has 0 aliphatic heterocycles. The summed E-state index contributed by atoms with van der Waals surface area (Å²) in [5.74, 6) is 0.394. The predicted octanol–water partition coefficient (Wildman–Crippen LogP) is 4.21. The fourth-order valence-electron chi connectivity index (χ4n) is 3.22. The Morgan fingerprint density at radius 3 is 2.73 bits per heavy atom. The fraction of sp³-hybridized carbons (Fsp3) is 0.263. The summed E-state index contributed by atoms with van der Waals surface area (Å²) in [4.78, 5) is 25.3. The van der Waals surface area contributed by atoms with Crippen molar-refractivity contribution in [2.24, 2.45) is 0 Å². The quantitative estimate of drug-likeness (QED) is 0.660. The second-order valence-corrected chi connectivity index (χ2v) is 8.21. The van der Waals surface area contributed by atoms with E-state index in [1.165, 1.54) is 23.3 Å². The highest BCUT2D eigenvalue weighted by Gasteiger charge is 2.39. The number of thiazole rings is 1. The van der Waals surface area contributed by atoms with E-state index in [2.05, 4.69) is 48.3 Å². The van der Waals surface area contributed by atoms with Crippen molar-refractivity contribution < 1.29 is 4.79 Å². The van der Waals surface area contributed by atoms with E-state index < -0.39 is 0 Å². The average molecular weight is 429 g/mol. The molecule has 0 spiro atoms. The molecule has 2 heterocycles. The van der Waals surface area contributed by atoms with E-state index in [4.69, 9.17) is 0 Å². The van der Waals surface area contributed by atoms with Gasteiger partial charge < -0.3 is 5.32 Å². The smallest absolute Gasteiger partial charge is 0.270 e. The van der Waals surface area contributed by atoms with Gasteiger partial charge in [-0.25, -0.2) is 15.0 Å². The van der Waals surface area contributed by atoms with Crippen molar-refractivity contribution in [1.82, 2.24) is 20.3 Å². The molecule has 1 aromatic carbocycles. The van der Waals surface area contributed by atoms with Gasteiger partial charge in [-0.1, -0.05) is 34.5 Å². The van der Waals surface area contributed by atoms with Crippen molar-refractivity contribution in [3.63, 3.8) is 0 Å². The summed E-state index contributed by atoms with van der Waals surface area (Å²) in [5, 5.41) is 5.48. The maximum atomic E-state index is 12.6. The van der Waals surface area contributed by atoms with Crippen LogP contribution in [-0.4, -0.2) is 27.4 Å². The number of rotatable bonds is 5. The topological polar surface area (TPSA) is 67.8 Å². The largest absolute Gasteiger partial charge is 0.350 e. The summed E-state index contributed by atoms with van der Waals surface area (Å²) < 4.78 is 1.07. The Kier molecular flexibility index (Phi) is 4.82. The maximum Gasteiger partial charge on any atom is 0.270 e. The molecule has 1 aliphatic carbocycles. The summed E-state index contributed by atoms with van der Waals surface area (Å²) in [5.41, 5.74) is 1.72. The predicted molar refractivity (Wildman–Crippen MR) is 105 cm³/mol. The Balaban J connectivity index is 1.46. The summed E-state index contributed by atoms with van der Waals surface area (Å²) >= 11 is 4.92. The molecule has 26 heavy (non-hydrogen) atoms. The van der Waals surface area contributed by atoms with Crippen molar-refractivity contribution in [3.8, 4) is 10.8 Å². The normalized spacial score (nSPS) is 15.3. The molecule has 0 bridgehead atoms. The zero-order valence-corrected chi connectivity index (χ0v) is 16.4. The Hall–Kier alpha value is -2.12. The summed E-state index contributed by atoms with van der Waals surface area (Å²) in [6, 6.07) is 10.1. The van der Waals surface area contributed by atoms with Gasteiger partial charge in [0.15, 0.2) is 10.8 Å². The van der Waals surface area contributed by atoms with Gasteiger partial charge in [-0.05, 0) is 36.6 Å². The lowest BCUT2D eigenvalue weighted by Crippen LogP contribution is -2.45. The van der Waals surface area contributed by atoms with E-state index >= 15 is 0 Å². The van der Waals surface area contributed by atoms with E-state index in [1.54, 1.807) is 23.8 Å². The SMILES string of the molecule is O=C(NCC1(c2cccc(Br)c2)CCC1)c1csc(-c2ncccn2)n1. The van der Waals surface area contributed by atoms with Crippen LogP contribution in [0.1, 0.15) is 35.3 Å². The summed E-state index contributed by atoms with van der Waals surface area (Å²) in [6.07, 6.45) is 6.70. The van der Waals surface area contributed by atoms with Crippen LogP contribution < -0.4 is 5.32 Å². The lowest BCUT2D eigenvalue weighted by Gasteiger charge is -2.42. The molecule has 0 atom stereocenters. The van der Waals surface area contributed by atoms with Crippen LogP contribution >= 0.6 is 27.3 Å². The molecule has 1 fully saturated rings. The number of aromatic nitrogens is 3. The van der Waals surface area contributed by atoms with Crippen LogP contribution in [0, 0.1) is 0 Å². The van der Waals surface area contributed by atoms with Gasteiger partial charge in [-0.2, -0.15) is 0 Å². The van der Waals surface area contributed by atoms with Crippen LogP contribution in [0.4, 0.5) is 0 Å². The maximum absolute atomic E-state index is 12.6. The van der Waals surface area contributed by atoms with Gasteiger partial charge in [0.1, 0.15) is 5.69 Å². The van der Waals surface area contributed by atoms with Gasteiger partial charge in [0.25, 0.3) is 5.91 Å². The number of hydrogen-bond acceptors (Lipinski definition) is 5. The zero-order chi connectivity index (χ0) is 18.0. The number of amides is 1. The summed E-state index contributed by atoms with van der Waals surface area (Å²) in [7, 11) is 0. The van der Waals surface area contributed by atoms with E-state index in [1.807, 2.05) is 12.1 Å². The number of nitrogens with zero attached hydrogens (tertiary/aromatic N) is 3. The molecule has 1 aliphatic rings. The monoisotopic (exact) mass is 428 g/mol. The van der Waals surface area contributed by atoms with Gasteiger partial charge in [0.05, 0.1) is 0 Å². The highest BCUT2D eigenvalue weighted by molar-refractivity contribution is 9.10. The third-order valence-corrected chi connectivity index (χ3v) is 6.16. The van der Waals surface area contributed by atoms with Gasteiger partial charge in [-0.3, -0.25) is 4.79 Å². The number of nitrogens with one attached hydrogen (secondary N) is 1. The molecule has 4 rings (SSSR count). The van der Waals surface area contributed by atoms with Crippen molar-refractivity contribution in [2.75, 3.05) is 6.54 Å². The Bertz CT molecular complexity index is 924. The second-order valence-electron chi connectivity index (χ2n) is 6.44. The number of halogens is 1. The second kappa shape index (κ2) is 7.25. The molecule has 7 heteroatoms. The van der Waals surface area contributed by atoms with Crippen LogP contribution in [0.25, 0.3) is 10.8 Å². The first kappa shape index (κ1) is 17.3. The number of carbonyl (C=O) groups excluding carboxylic acids is 1. The lowest BCUT2D eigenvalue weighted by molar-refractivity contribution is 0.0923. The fourth-order valence-corrected chi connectivity index (χ4v) is 4.36. The molecule has 1 saturated carbocycles. The minimum Gasteiger partial charge on any atom is -0.350 e. The van der Waals surface area contributed by atoms with Crippen molar-refractivity contribution >= 4 is 33.2 Å². The number of carbonyl (C=O) groups is 1. The number of benzene rings is 1. The minimum absolute atomic E-state index is 0.0286. The number of hydrogen-bond donors (Lipinski definition) is 1. The first-order valence-electron chi connectivity index (χ1n) is 8.43. The van der Waals surface area contributed by atoms with Crippen LogP contribution in [-0.2, 0) is 5.41 Å². The Labute approximate surface area is 164 Å². The summed E-state index contributed by atoms with van der Waals surface area (Å²) in [6.45, 7) is 0.622. The van der Waals surface area contributed by atoms with E-state index in [0.717, 1.165) is 17.3 Å². The highest BCUT2D eigenvalue weighted by atomic mass is 79.9. The molecule has 0 saturated heterocycles. The third-order valence-electron chi connectivity index (χ3n) is 4.83. The van der Waals surface area contributed by atoms with Crippen molar-refractivity contribution in [3.05, 3.63) is 63.8 Å². The van der Waals surface area contributed by atoms with E-state index in [-0.39, 0.29) is 11.3 Å². The average Bonchev–Trinajstić information content (AvgIpc) is 3.12.